The van der Waals surface area contributed by atoms with E-state index in [0.717, 1.165) is 5.56 Å². The minimum atomic E-state index is -0.582. The third-order valence-corrected chi connectivity index (χ3v) is 3.57. The van der Waals surface area contributed by atoms with Crippen molar-refractivity contribution in [3.05, 3.63) is 81.7 Å². The van der Waals surface area contributed by atoms with Gasteiger partial charge in [-0.15, -0.1) is 0 Å². The van der Waals surface area contributed by atoms with E-state index in [2.05, 4.69) is 10.3 Å². The Balaban J connectivity index is 1.88. The maximum Gasteiger partial charge on any atom is 0.270 e. The Hall–Kier alpha value is -3.02. The molecule has 0 radical (unpaired) electrons. The number of halogens is 1. The van der Waals surface area contributed by atoms with Crippen LogP contribution < -0.4 is 10.9 Å². The molecule has 1 amide bonds. The predicted molar refractivity (Wildman–Crippen MR) is 83.8 cm³/mol. The summed E-state index contributed by atoms with van der Waals surface area (Å²) in [6, 6.07) is 9.69. The number of fused-ring (bicyclic) bond motifs is 1. The highest BCUT2D eigenvalue weighted by molar-refractivity contribution is 5.93. The van der Waals surface area contributed by atoms with Crippen LogP contribution in [-0.2, 0) is 6.54 Å². The van der Waals surface area contributed by atoms with Gasteiger partial charge in [-0.2, -0.15) is 0 Å². The number of carbonyl (C=O) groups excluding carboxylic acids is 1. The summed E-state index contributed by atoms with van der Waals surface area (Å²) < 4.78 is 14.9. The summed E-state index contributed by atoms with van der Waals surface area (Å²) in [5.74, 6) is -0.988. The first-order valence-corrected chi connectivity index (χ1v) is 7.06. The molecule has 0 atom stereocenters. The van der Waals surface area contributed by atoms with Crippen molar-refractivity contribution in [1.82, 2.24) is 14.7 Å². The molecule has 116 valence electrons. The summed E-state index contributed by atoms with van der Waals surface area (Å²) in [6.45, 7) is 1.83. The van der Waals surface area contributed by atoms with Gasteiger partial charge in [0.15, 0.2) is 0 Å². The third kappa shape index (κ3) is 2.83. The lowest BCUT2D eigenvalue weighted by atomic mass is 10.2. The van der Waals surface area contributed by atoms with E-state index in [1.807, 2.05) is 13.0 Å². The monoisotopic (exact) mass is 311 g/mol. The topological polar surface area (TPSA) is 63.5 Å². The quantitative estimate of drug-likeness (QED) is 0.805. The Morgan fingerprint density at radius 1 is 1.26 bits per heavy atom. The normalized spacial score (nSPS) is 10.7. The van der Waals surface area contributed by atoms with Crippen molar-refractivity contribution in [2.75, 3.05) is 0 Å². The lowest BCUT2D eigenvalue weighted by molar-refractivity contribution is 0.0948. The van der Waals surface area contributed by atoms with Gasteiger partial charge in [-0.1, -0.05) is 24.3 Å². The highest BCUT2D eigenvalue weighted by Crippen LogP contribution is 2.07. The molecule has 0 bridgehead atoms. The summed E-state index contributed by atoms with van der Waals surface area (Å²) in [5, 5.41) is 2.54. The van der Waals surface area contributed by atoms with Gasteiger partial charge in [0.25, 0.3) is 11.5 Å². The van der Waals surface area contributed by atoms with Crippen molar-refractivity contribution in [3.8, 4) is 0 Å². The molecule has 5 nitrogen and oxygen atoms in total. The van der Waals surface area contributed by atoms with Crippen LogP contribution in [0.1, 0.15) is 21.5 Å². The molecule has 0 unspecified atom stereocenters. The first kappa shape index (κ1) is 14.9. The number of benzene rings is 1. The van der Waals surface area contributed by atoms with Gasteiger partial charge >= 0.3 is 0 Å². The Morgan fingerprint density at radius 2 is 2.04 bits per heavy atom. The molecule has 23 heavy (non-hydrogen) atoms. The van der Waals surface area contributed by atoms with E-state index in [0.29, 0.717) is 11.2 Å². The lowest BCUT2D eigenvalue weighted by Gasteiger charge is -2.08. The second kappa shape index (κ2) is 6.00. The number of pyridine rings is 1. The molecule has 2 aromatic heterocycles. The van der Waals surface area contributed by atoms with Gasteiger partial charge < -0.3 is 5.32 Å². The summed E-state index contributed by atoms with van der Waals surface area (Å²) in [6.07, 6.45) is 2.81. The fourth-order valence-corrected chi connectivity index (χ4v) is 2.32. The van der Waals surface area contributed by atoms with Crippen LogP contribution in [0.15, 0.2) is 53.6 Å². The van der Waals surface area contributed by atoms with E-state index in [-0.39, 0.29) is 12.1 Å². The first-order chi connectivity index (χ1) is 11.1. The van der Waals surface area contributed by atoms with E-state index >= 15 is 0 Å². The largest absolute Gasteiger partial charge is 0.348 e. The van der Waals surface area contributed by atoms with E-state index in [9.17, 15) is 14.0 Å². The van der Waals surface area contributed by atoms with Gasteiger partial charge in [0, 0.05) is 24.5 Å². The Bertz CT molecular complexity index is 950. The number of carbonyl (C=O) groups is 1. The van der Waals surface area contributed by atoms with Crippen molar-refractivity contribution in [2.24, 2.45) is 0 Å². The van der Waals surface area contributed by atoms with Gasteiger partial charge in [0.1, 0.15) is 17.0 Å². The average Bonchev–Trinajstić information content (AvgIpc) is 2.55. The summed E-state index contributed by atoms with van der Waals surface area (Å²) in [5.41, 5.74) is 1.16. The minimum Gasteiger partial charge on any atom is -0.348 e. The first-order valence-electron chi connectivity index (χ1n) is 7.06. The highest BCUT2D eigenvalue weighted by atomic mass is 19.1. The molecule has 0 saturated heterocycles. The number of hydrogen-bond donors (Lipinski definition) is 1. The number of aryl methyl sites for hydroxylation is 1. The predicted octanol–water partition coefficient (Wildman–Crippen LogP) is 2.07. The molecular formula is C17H14FN3O2. The zero-order valence-electron chi connectivity index (χ0n) is 12.4. The minimum absolute atomic E-state index is 0.00146. The van der Waals surface area contributed by atoms with Gasteiger partial charge in [-0.25, -0.2) is 9.37 Å². The number of amides is 1. The van der Waals surface area contributed by atoms with Crippen LogP contribution in [0.4, 0.5) is 4.39 Å². The van der Waals surface area contributed by atoms with Crippen LogP contribution in [0.5, 0.6) is 0 Å². The Kier molecular flexibility index (Phi) is 3.89. The van der Waals surface area contributed by atoms with Crippen LogP contribution in [0.3, 0.4) is 0 Å². The molecule has 6 heteroatoms. The SMILES string of the molecule is Cc1cccn2c(=O)c(C(=O)NCc3ccccc3F)cnc12. The number of nitrogens with one attached hydrogen (secondary N) is 1. The number of rotatable bonds is 3. The lowest BCUT2D eigenvalue weighted by Crippen LogP contribution is -2.31. The molecule has 1 aromatic carbocycles. The van der Waals surface area contributed by atoms with Crippen LogP contribution in [-0.4, -0.2) is 15.3 Å². The summed E-state index contributed by atoms with van der Waals surface area (Å²) in [4.78, 5) is 28.7. The number of hydrogen-bond acceptors (Lipinski definition) is 3. The molecule has 0 fully saturated rings. The van der Waals surface area contributed by atoms with Crippen molar-refractivity contribution < 1.29 is 9.18 Å². The van der Waals surface area contributed by atoms with Crippen molar-refractivity contribution in [3.63, 3.8) is 0 Å². The zero-order chi connectivity index (χ0) is 16.4. The Morgan fingerprint density at radius 3 is 2.83 bits per heavy atom. The van der Waals surface area contributed by atoms with Crippen LogP contribution in [0.2, 0.25) is 0 Å². The van der Waals surface area contributed by atoms with Crippen LogP contribution >= 0.6 is 0 Å². The molecule has 0 aliphatic heterocycles. The average molecular weight is 311 g/mol. The van der Waals surface area contributed by atoms with E-state index in [4.69, 9.17) is 0 Å². The van der Waals surface area contributed by atoms with Crippen LogP contribution in [0, 0.1) is 12.7 Å². The second-order valence-corrected chi connectivity index (χ2v) is 5.14. The maximum absolute atomic E-state index is 13.5. The molecule has 3 aromatic rings. The standard InChI is InChI=1S/C17H14FN3O2/c1-11-5-4-8-21-15(11)19-10-13(17(21)23)16(22)20-9-12-6-2-3-7-14(12)18/h2-8,10H,9H2,1H3,(H,20,22). The third-order valence-electron chi connectivity index (χ3n) is 3.57. The molecule has 0 saturated carbocycles. The summed E-state index contributed by atoms with van der Waals surface area (Å²) in [7, 11) is 0. The van der Waals surface area contributed by atoms with Crippen molar-refractivity contribution in [1.29, 1.82) is 0 Å². The Labute approximate surface area is 131 Å². The fraction of sp³-hybridized carbons (Fsp3) is 0.118. The van der Waals surface area contributed by atoms with Gasteiger partial charge in [0.2, 0.25) is 0 Å². The molecule has 2 heterocycles. The maximum atomic E-state index is 13.5. The van der Waals surface area contributed by atoms with E-state index in [1.165, 1.54) is 16.7 Å². The van der Waals surface area contributed by atoms with Crippen LogP contribution in [0.25, 0.3) is 5.65 Å². The highest BCUT2D eigenvalue weighted by Gasteiger charge is 2.14. The van der Waals surface area contributed by atoms with Crippen molar-refractivity contribution >= 4 is 11.6 Å². The molecule has 0 aliphatic rings. The number of aromatic nitrogens is 2. The van der Waals surface area contributed by atoms with E-state index < -0.39 is 17.3 Å². The molecule has 1 N–H and O–H groups in total. The van der Waals surface area contributed by atoms with Crippen molar-refractivity contribution in [2.45, 2.75) is 13.5 Å². The second-order valence-electron chi connectivity index (χ2n) is 5.14. The van der Waals surface area contributed by atoms with Gasteiger partial charge in [0.05, 0.1) is 0 Å². The smallest absolute Gasteiger partial charge is 0.270 e. The van der Waals surface area contributed by atoms with Gasteiger partial charge in [-0.3, -0.25) is 14.0 Å². The molecular weight excluding hydrogens is 297 g/mol. The van der Waals surface area contributed by atoms with E-state index in [1.54, 1.807) is 30.5 Å². The van der Waals surface area contributed by atoms with Gasteiger partial charge in [-0.05, 0) is 24.6 Å². The molecule has 0 spiro atoms. The fourth-order valence-electron chi connectivity index (χ4n) is 2.32. The zero-order valence-corrected chi connectivity index (χ0v) is 12.4. The summed E-state index contributed by atoms with van der Waals surface area (Å²) >= 11 is 0. The molecule has 0 aliphatic carbocycles. The molecule has 3 rings (SSSR count). The number of nitrogens with zero attached hydrogens (tertiary/aromatic N) is 2.